The zero-order chi connectivity index (χ0) is 12.3. The van der Waals surface area contributed by atoms with Crippen LogP contribution >= 0.6 is 0 Å². The summed E-state index contributed by atoms with van der Waals surface area (Å²) in [4.78, 5) is 4.44. The van der Waals surface area contributed by atoms with E-state index in [4.69, 9.17) is 0 Å². The average molecular weight is 230 g/mol. The predicted octanol–water partition coefficient (Wildman–Crippen LogP) is 1.73. The van der Waals surface area contributed by atoms with Crippen molar-refractivity contribution in [1.29, 1.82) is 5.26 Å². The molecule has 0 atom stereocenters. The normalized spacial score (nSPS) is 16.5. The number of piperidine rings is 1. The fraction of sp³-hybridized carbons (Fsp3) is 0.538. The quantitative estimate of drug-likeness (QED) is 0.812. The van der Waals surface area contributed by atoms with Gasteiger partial charge in [-0.3, -0.25) is 0 Å². The molecule has 0 aromatic carbocycles. The first-order chi connectivity index (χ1) is 8.20. The molecule has 1 aromatic rings. The van der Waals surface area contributed by atoms with Crippen molar-refractivity contribution in [3.63, 3.8) is 0 Å². The van der Waals surface area contributed by atoms with Gasteiger partial charge in [0, 0.05) is 11.7 Å². The lowest BCUT2D eigenvalue weighted by atomic mass is 10.1. The molecule has 0 amide bonds. The first-order valence-corrected chi connectivity index (χ1v) is 6.06. The van der Waals surface area contributed by atoms with Crippen LogP contribution in [0.3, 0.4) is 0 Å². The molecular formula is C13H18N4. The highest BCUT2D eigenvalue weighted by molar-refractivity contribution is 5.56. The zero-order valence-electron chi connectivity index (χ0n) is 10.4. The molecule has 2 N–H and O–H groups in total. The van der Waals surface area contributed by atoms with Crippen molar-refractivity contribution in [2.45, 2.75) is 32.7 Å². The highest BCUT2D eigenvalue weighted by Gasteiger charge is 2.16. The summed E-state index contributed by atoms with van der Waals surface area (Å²) >= 11 is 0. The minimum Gasteiger partial charge on any atom is -0.366 e. The van der Waals surface area contributed by atoms with Crippen molar-refractivity contribution < 1.29 is 0 Å². The first kappa shape index (κ1) is 11.9. The fourth-order valence-corrected chi connectivity index (χ4v) is 2.24. The summed E-state index contributed by atoms with van der Waals surface area (Å²) in [6.07, 6.45) is 2.17. The van der Waals surface area contributed by atoms with Gasteiger partial charge in [0.05, 0.1) is 5.56 Å². The minimum absolute atomic E-state index is 0.428. The third-order valence-electron chi connectivity index (χ3n) is 3.14. The van der Waals surface area contributed by atoms with Crippen LogP contribution in [0.1, 0.15) is 29.7 Å². The Morgan fingerprint density at radius 3 is 2.76 bits per heavy atom. The second kappa shape index (κ2) is 5.15. The topological polar surface area (TPSA) is 60.7 Å². The molecule has 0 aliphatic carbocycles. The van der Waals surface area contributed by atoms with Gasteiger partial charge < -0.3 is 10.6 Å². The van der Waals surface area contributed by atoms with E-state index >= 15 is 0 Å². The third kappa shape index (κ3) is 2.75. The van der Waals surface area contributed by atoms with Gasteiger partial charge in [0.25, 0.3) is 0 Å². The highest BCUT2D eigenvalue weighted by Crippen LogP contribution is 2.20. The fourth-order valence-electron chi connectivity index (χ4n) is 2.24. The van der Waals surface area contributed by atoms with E-state index in [9.17, 15) is 5.26 Å². The summed E-state index contributed by atoms with van der Waals surface area (Å²) < 4.78 is 0. The molecule has 1 aliphatic heterocycles. The Kier molecular flexibility index (Phi) is 3.60. The molecule has 0 unspecified atom stereocenters. The second-order valence-corrected chi connectivity index (χ2v) is 4.58. The van der Waals surface area contributed by atoms with Gasteiger partial charge in [0.1, 0.15) is 11.9 Å². The SMILES string of the molecule is Cc1cc(C)c(C#N)c(NC2CCNCC2)n1. The van der Waals surface area contributed by atoms with Crippen LogP contribution in [-0.2, 0) is 0 Å². The number of aromatic nitrogens is 1. The number of hydrogen-bond acceptors (Lipinski definition) is 4. The number of nitrogens with zero attached hydrogens (tertiary/aromatic N) is 2. The largest absolute Gasteiger partial charge is 0.366 e. The Morgan fingerprint density at radius 1 is 1.41 bits per heavy atom. The standard InChI is InChI=1S/C13H18N4/c1-9-7-10(2)16-13(12(9)8-14)17-11-3-5-15-6-4-11/h7,11,15H,3-6H2,1-2H3,(H,16,17). The lowest BCUT2D eigenvalue weighted by Crippen LogP contribution is -2.35. The molecule has 0 bridgehead atoms. The van der Waals surface area contributed by atoms with Crippen LogP contribution in [0.15, 0.2) is 6.07 Å². The van der Waals surface area contributed by atoms with Gasteiger partial charge in [-0.25, -0.2) is 4.98 Å². The van der Waals surface area contributed by atoms with Gasteiger partial charge in [-0.2, -0.15) is 5.26 Å². The van der Waals surface area contributed by atoms with Gasteiger partial charge in [-0.15, -0.1) is 0 Å². The van der Waals surface area contributed by atoms with Crippen molar-refractivity contribution in [3.8, 4) is 6.07 Å². The monoisotopic (exact) mass is 230 g/mol. The molecule has 0 saturated carbocycles. The maximum Gasteiger partial charge on any atom is 0.144 e. The highest BCUT2D eigenvalue weighted by atomic mass is 15.0. The molecule has 1 saturated heterocycles. The number of rotatable bonds is 2. The lowest BCUT2D eigenvalue weighted by Gasteiger charge is -2.25. The number of nitrogens with one attached hydrogen (secondary N) is 2. The molecule has 1 fully saturated rings. The van der Waals surface area contributed by atoms with Crippen LogP contribution < -0.4 is 10.6 Å². The zero-order valence-corrected chi connectivity index (χ0v) is 10.4. The molecular weight excluding hydrogens is 212 g/mol. The van der Waals surface area contributed by atoms with Crippen LogP contribution in [0.4, 0.5) is 5.82 Å². The number of pyridine rings is 1. The van der Waals surface area contributed by atoms with Gasteiger partial charge in [-0.05, 0) is 51.4 Å². The molecule has 1 aromatic heterocycles. The number of anilines is 1. The van der Waals surface area contributed by atoms with Crippen LogP contribution in [0.5, 0.6) is 0 Å². The maximum atomic E-state index is 9.18. The Labute approximate surface area is 102 Å². The van der Waals surface area contributed by atoms with Crippen LogP contribution in [0, 0.1) is 25.2 Å². The number of hydrogen-bond donors (Lipinski definition) is 2. The summed E-state index contributed by atoms with van der Waals surface area (Å²) in [5.41, 5.74) is 2.63. The Balaban J connectivity index is 2.22. The number of aryl methyl sites for hydroxylation is 2. The van der Waals surface area contributed by atoms with E-state index in [1.807, 2.05) is 19.9 Å². The van der Waals surface area contributed by atoms with E-state index < -0.39 is 0 Å². The molecule has 0 spiro atoms. The first-order valence-electron chi connectivity index (χ1n) is 6.06. The Morgan fingerprint density at radius 2 is 2.12 bits per heavy atom. The minimum atomic E-state index is 0.428. The van der Waals surface area contributed by atoms with E-state index in [1.54, 1.807) is 0 Å². The molecule has 1 aliphatic rings. The summed E-state index contributed by atoms with van der Waals surface area (Å²) in [7, 11) is 0. The smallest absolute Gasteiger partial charge is 0.144 e. The van der Waals surface area contributed by atoms with Gasteiger partial charge in [0.15, 0.2) is 0 Å². The van der Waals surface area contributed by atoms with Crippen molar-refractivity contribution in [2.75, 3.05) is 18.4 Å². The van der Waals surface area contributed by atoms with E-state index in [0.717, 1.165) is 43.0 Å². The van der Waals surface area contributed by atoms with Gasteiger partial charge >= 0.3 is 0 Å². The predicted molar refractivity (Wildman–Crippen MR) is 67.9 cm³/mol. The molecule has 90 valence electrons. The Hall–Kier alpha value is -1.60. The van der Waals surface area contributed by atoms with E-state index in [1.165, 1.54) is 0 Å². The molecule has 2 rings (SSSR count). The van der Waals surface area contributed by atoms with Crippen molar-refractivity contribution in [3.05, 3.63) is 22.9 Å². The summed E-state index contributed by atoms with van der Waals surface area (Å²) in [6.45, 7) is 5.98. The molecule has 17 heavy (non-hydrogen) atoms. The van der Waals surface area contributed by atoms with Crippen molar-refractivity contribution in [1.82, 2.24) is 10.3 Å². The van der Waals surface area contributed by atoms with Gasteiger partial charge in [-0.1, -0.05) is 0 Å². The molecule has 4 nitrogen and oxygen atoms in total. The van der Waals surface area contributed by atoms with Crippen LogP contribution in [-0.4, -0.2) is 24.1 Å². The van der Waals surface area contributed by atoms with E-state index in [0.29, 0.717) is 11.6 Å². The van der Waals surface area contributed by atoms with Crippen LogP contribution in [0.25, 0.3) is 0 Å². The summed E-state index contributed by atoms with van der Waals surface area (Å²) in [5.74, 6) is 0.747. The maximum absolute atomic E-state index is 9.18. The third-order valence-corrected chi connectivity index (χ3v) is 3.14. The van der Waals surface area contributed by atoms with Crippen molar-refractivity contribution >= 4 is 5.82 Å². The average Bonchev–Trinajstić information content (AvgIpc) is 2.30. The van der Waals surface area contributed by atoms with Crippen molar-refractivity contribution in [2.24, 2.45) is 0 Å². The number of nitriles is 1. The summed E-state index contributed by atoms with van der Waals surface area (Å²) in [5, 5.41) is 15.9. The van der Waals surface area contributed by atoms with Crippen LogP contribution in [0.2, 0.25) is 0 Å². The molecule has 0 radical (unpaired) electrons. The van der Waals surface area contributed by atoms with E-state index in [2.05, 4.69) is 21.7 Å². The lowest BCUT2D eigenvalue weighted by molar-refractivity contribution is 0.478. The van der Waals surface area contributed by atoms with E-state index in [-0.39, 0.29) is 0 Å². The second-order valence-electron chi connectivity index (χ2n) is 4.58. The van der Waals surface area contributed by atoms with Gasteiger partial charge in [0.2, 0.25) is 0 Å². The molecule has 4 heteroatoms. The molecule has 2 heterocycles. The Bertz CT molecular complexity index is 441. The summed E-state index contributed by atoms with van der Waals surface area (Å²) in [6, 6.07) is 4.62.